The Bertz CT molecular complexity index is 549. The van der Waals surface area contributed by atoms with Gasteiger partial charge in [-0.3, -0.25) is 0 Å². The van der Waals surface area contributed by atoms with Crippen LogP contribution in [0.3, 0.4) is 0 Å². The molecular formula is C12H10ClF2N3. The van der Waals surface area contributed by atoms with Crippen molar-refractivity contribution in [1.29, 1.82) is 0 Å². The third kappa shape index (κ3) is 2.47. The average Bonchev–Trinajstić information content (AvgIpc) is 2.38. The Kier molecular flexibility index (Phi) is 3.84. The molecule has 0 radical (unpaired) electrons. The molecular weight excluding hydrogens is 260 g/mol. The van der Waals surface area contributed by atoms with Gasteiger partial charge in [-0.1, -0.05) is 11.6 Å². The van der Waals surface area contributed by atoms with Crippen molar-refractivity contribution in [3.63, 3.8) is 0 Å². The molecule has 0 aliphatic rings. The van der Waals surface area contributed by atoms with Crippen LogP contribution in [-0.4, -0.2) is 17.0 Å². The topological polar surface area (TPSA) is 37.8 Å². The van der Waals surface area contributed by atoms with Gasteiger partial charge in [0.05, 0.1) is 11.1 Å². The zero-order valence-corrected chi connectivity index (χ0v) is 10.2. The quantitative estimate of drug-likeness (QED) is 0.871. The molecule has 1 aromatic carbocycles. The van der Waals surface area contributed by atoms with E-state index in [9.17, 15) is 8.78 Å². The number of nitrogens with zero attached hydrogens (tertiary/aromatic N) is 2. The van der Waals surface area contributed by atoms with E-state index in [1.807, 2.05) is 0 Å². The van der Waals surface area contributed by atoms with E-state index in [2.05, 4.69) is 15.3 Å². The first-order chi connectivity index (χ1) is 8.63. The second-order valence-electron chi connectivity index (χ2n) is 3.68. The molecule has 6 heteroatoms. The van der Waals surface area contributed by atoms with E-state index in [-0.39, 0.29) is 10.6 Å². The van der Waals surface area contributed by atoms with Crippen molar-refractivity contribution in [1.82, 2.24) is 15.3 Å². The molecule has 2 aromatic rings. The van der Waals surface area contributed by atoms with Gasteiger partial charge in [0.15, 0.2) is 0 Å². The van der Waals surface area contributed by atoms with E-state index < -0.39 is 17.7 Å². The SMILES string of the molecule is CNC(c1cncnc1)c1cc(F)c(Cl)cc1F. The standard InChI is InChI=1S/C12H10ClF2N3/c1-16-12(7-4-17-6-18-5-7)8-2-11(15)9(13)3-10(8)14/h2-6,12,16H,1H3. The van der Waals surface area contributed by atoms with E-state index in [0.717, 1.165) is 12.1 Å². The maximum atomic E-state index is 13.8. The van der Waals surface area contributed by atoms with Crippen LogP contribution in [0.1, 0.15) is 17.2 Å². The number of benzene rings is 1. The first kappa shape index (κ1) is 12.9. The zero-order valence-electron chi connectivity index (χ0n) is 9.49. The summed E-state index contributed by atoms with van der Waals surface area (Å²) in [7, 11) is 1.64. The molecule has 0 fully saturated rings. The van der Waals surface area contributed by atoms with Crippen LogP contribution >= 0.6 is 11.6 Å². The highest BCUT2D eigenvalue weighted by molar-refractivity contribution is 6.30. The van der Waals surface area contributed by atoms with Crippen molar-refractivity contribution in [3.8, 4) is 0 Å². The Hall–Kier alpha value is -1.59. The van der Waals surface area contributed by atoms with Gasteiger partial charge in [0.1, 0.15) is 18.0 Å². The van der Waals surface area contributed by atoms with E-state index in [0.29, 0.717) is 5.56 Å². The fourth-order valence-corrected chi connectivity index (χ4v) is 1.87. The summed E-state index contributed by atoms with van der Waals surface area (Å²) in [6.45, 7) is 0. The lowest BCUT2D eigenvalue weighted by molar-refractivity contribution is 0.557. The van der Waals surface area contributed by atoms with Crippen molar-refractivity contribution in [2.24, 2.45) is 0 Å². The van der Waals surface area contributed by atoms with Crippen LogP contribution in [0, 0.1) is 11.6 Å². The fourth-order valence-electron chi connectivity index (χ4n) is 1.72. The lowest BCUT2D eigenvalue weighted by Crippen LogP contribution is -2.19. The maximum absolute atomic E-state index is 13.8. The number of aromatic nitrogens is 2. The largest absolute Gasteiger partial charge is 0.309 e. The van der Waals surface area contributed by atoms with Crippen LogP contribution in [0.4, 0.5) is 8.78 Å². The number of halogens is 3. The normalized spacial score (nSPS) is 12.4. The lowest BCUT2D eigenvalue weighted by atomic mass is 10.0. The highest BCUT2D eigenvalue weighted by Crippen LogP contribution is 2.27. The molecule has 0 saturated heterocycles. The molecule has 1 atom stereocenters. The van der Waals surface area contributed by atoms with E-state index in [1.165, 1.54) is 6.33 Å². The molecule has 1 aromatic heterocycles. The molecule has 0 aliphatic carbocycles. The minimum Gasteiger partial charge on any atom is -0.309 e. The van der Waals surface area contributed by atoms with Gasteiger partial charge in [-0.15, -0.1) is 0 Å². The summed E-state index contributed by atoms with van der Waals surface area (Å²) in [4.78, 5) is 7.71. The van der Waals surface area contributed by atoms with Crippen molar-refractivity contribution in [3.05, 3.63) is 58.6 Å². The first-order valence-electron chi connectivity index (χ1n) is 5.20. The van der Waals surface area contributed by atoms with Crippen LogP contribution in [0.15, 0.2) is 30.9 Å². The molecule has 94 valence electrons. The summed E-state index contributed by atoms with van der Waals surface area (Å²) in [5, 5.41) is 2.65. The molecule has 0 saturated carbocycles. The Labute approximate surface area is 108 Å². The van der Waals surface area contributed by atoms with Crippen LogP contribution in [0.2, 0.25) is 5.02 Å². The van der Waals surface area contributed by atoms with Gasteiger partial charge >= 0.3 is 0 Å². The molecule has 3 nitrogen and oxygen atoms in total. The van der Waals surface area contributed by atoms with Gasteiger partial charge < -0.3 is 5.32 Å². The summed E-state index contributed by atoms with van der Waals surface area (Å²) in [6, 6.07) is 1.50. The lowest BCUT2D eigenvalue weighted by Gasteiger charge is -2.17. The Morgan fingerprint density at radius 2 is 1.83 bits per heavy atom. The number of rotatable bonds is 3. The molecule has 1 heterocycles. The van der Waals surface area contributed by atoms with Crippen molar-refractivity contribution in [2.75, 3.05) is 7.05 Å². The van der Waals surface area contributed by atoms with Gasteiger partial charge in [0.2, 0.25) is 0 Å². The van der Waals surface area contributed by atoms with Crippen molar-refractivity contribution < 1.29 is 8.78 Å². The summed E-state index contributed by atoms with van der Waals surface area (Å²) < 4.78 is 27.2. The molecule has 18 heavy (non-hydrogen) atoms. The van der Waals surface area contributed by atoms with Gasteiger partial charge in [-0.2, -0.15) is 0 Å². The minimum absolute atomic E-state index is 0.161. The van der Waals surface area contributed by atoms with E-state index >= 15 is 0 Å². The molecule has 0 spiro atoms. The monoisotopic (exact) mass is 269 g/mol. The van der Waals surface area contributed by atoms with Crippen LogP contribution in [-0.2, 0) is 0 Å². The van der Waals surface area contributed by atoms with Gasteiger partial charge in [-0.05, 0) is 19.2 Å². The van der Waals surface area contributed by atoms with E-state index in [4.69, 9.17) is 11.6 Å². The fraction of sp³-hybridized carbons (Fsp3) is 0.167. The zero-order chi connectivity index (χ0) is 13.1. The summed E-state index contributed by atoms with van der Waals surface area (Å²) in [6.07, 6.45) is 4.45. The molecule has 1 N–H and O–H groups in total. The number of hydrogen-bond acceptors (Lipinski definition) is 3. The second kappa shape index (κ2) is 5.37. The maximum Gasteiger partial charge on any atom is 0.142 e. The number of hydrogen-bond donors (Lipinski definition) is 1. The molecule has 1 unspecified atom stereocenters. The predicted molar refractivity (Wildman–Crippen MR) is 64.3 cm³/mol. The Morgan fingerprint density at radius 3 is 2.44 bits per heavy atom. The molecule has 2 rings (SSSR count). The van der Waals surface area contributed by atoms with E-state index in [1.54, 1.807) is 19.4 Å². The van der Waals surface area contributed by atoms with Crippen LogP contribution in [0.25, 0.3) is 0 Å². The average molecular weight is 270 g/mol. The van der Waals surface area contributed by atoms with Crippen LogP contribution < -0.4 is 5.32 Å². The van der Waals surface area contributed by atoms with Gasteiger partial charge in [-0.25, -0.2) is 18.7 Å². The molecule has 0 amide bonds. The molecule has 0 aliphatic heterocycles. The summed E-state index contributed by atoms with van der Waals surface area (Å²) in [5.74, 6) is -1.24. The first-order valence-corrected chi connectivity index (χ1v) is 5.58. The predicted octanol–water partition coefficient (Wildman–Crippen LogP) is 2.72. The van der Waals surface area contributed by atoms with Crippen molar-refractivity contribution in [2.45, 2.75) is 6.04 Å². The third-order valence-electron chi connectivity index (χ3n) is 2.55. The minimum atomic E-state index is -0.662. The highest BCUT2D eigenvalue weighted by Gasteiger charge is 2.19. The number of nitrogens with one attached hydrogen (secondary N) is 1. The molecule has 0 bridgehead atoms. The Balaban J connectivity index is 2.49. The summed E-state index contributed by atoms with van der Waals surface area (Å²) >= 11 is 5.52. The smallest absolute Gasteiger partial charge is 0.142 e. The second-order valence-corrected chi connectivity index (χ2v) is 4.09. The highest BCUT2D eigenvalue weighted by atomic mass is 35.5. The van der Waals surface area contributed by atoms with Gasteiger partial charge in [0, 0.05) is 23.5 Å². The third-order valence-corrected chi connectivity index (χ3v) is 2.84. The van der Waals surface area contributed by atoms with Crippen molar-refractivity contribution >= 4 is 11.6 Å². The van der Waals surface area contributed by atoms with Crippen LogP contribution in [0.5, 0.6) is 0 Å². The summed E-state index contributed by atoms with van der Waals surface area (Å²) in [5.41, 5.74) is 0.801. The Morgan fingerprint density at radius 1 is 1.17 bits per heavy atom. The van der Waals surface area contributed by atoms with Gasteiger partial charge in [0.25, 0.3) is 0 Å².